The molecule has 2 nitrogen and oxygen atoms in total. The van der Waals surface area contributed by atoms with Gasteiger partial charge in [0.15, 0.2) is 0 Å². The summed E-state index contributed by atoms with van der Waals surface area (Å²) in [7, 11) is 0. The molecule has 0 aromatic heterocycles. The van der Waals surface area contributed by atoms with Crippen LogP contribution in [0.25, 0.3) is 0 Å². The SMILES string of the molecule is CCCCC(C)NCc1cc(F)ccc1O. The summed E-state index contributed by atoms with van der Waals surface area (Å²) < 4.78 is 12.9. The Morgan fingerprint density at radius 2 is 2.19 bits per heavy atom. The van der Waals surface area contributed by atoms with E-state index in [-0.39, 0.29) is 11.6 Å². The third-order valence-corrected chi connectivity index (χ3v) is 2.67. The molecule has 90 valence electrons. The average molecular weight is 225 g/mol. The molecular weight excluding hydrogens is 205 g/mol. The van der Waals surface area contributed by atoms with Crippen molar-refractivity contribution < 1.29 is 9.50 Å². The fourth-order valence-corrected chi connectivity index (χ4v) is 1.59. The summed E-state index contributed by atoms with van der Waals surface area (Å²) in [6.45, 7) is 4.77. The van der Waals surface area contributed by atoms with Gasteiger partial charge in [0.05, 0.1) is 0 Å². The minimum atomic E-state index is -0.309. The fourth-order valence-electron chi connectivity index (χ4n) is 1.59. The van der Waals surface area contributed by atoms with Gasteiger partial charge in [0.2, 0.25) is 0 Å². The molecule has 0 spiro atoms. The molecule has 0 saturated heterocycles. The number of hydrogen-bond acceptors (Lipinski definition) is 2. The van der Waals surface area contributed by atoms with Crippen molar-refractivity contribution in [2.45, 2.75) is 45.7 Å². The maximum absolute atomic E-state index is 12.9. The van der Waals surface area contributed by atoms with Gasteiger partial charge in [-0.3, -0.25) is 0 Å². The maximum Gasteiger partial charge on any atom is 0.123 e. The van der Waals surface area contributed by atoms with Crippen LogP contribution in [0.15, 0.2) is 18.2 Å². The number of benzene rings is 1. The highest BCUT2D eigenvalue weighted by Crippen LogP contribution is 2.17. The fraction of sp³-hybridized carbons (Fsp3) is 0.538. The molecule has 0 bridgehead atoms. The van der Waals surface area contributed by atoms with E-state index in [1.165, 1.54) is 31.0 Å². The molecule has 3 heteroatoms. The number of phenolic OH excluding ortho intramolecular Hbond substituents is 1. The minimum Gasteiger partial charge on any atom is -0.508 e. The van der Waals surface area contributed by atoms with Gasteiger partial charge < -0.3 is 10.4 Å². The van der Waals surface area contributed by atoms with E-state index in [2.05, 4.69) is 19.2 Å². The van der Waals surface area contributed by atoms with Crippen LogP contribution in [0.4, 0.5) is 4.39 Å². The largest absolute Gasteiger partial charge is 0.508 e. The average Bonchev–Trinajstić information content (AvgIpc) is 2.27. The van der Waals surface area contributed by atoms with Crippen molar-refractivity contribution in [3.05, 3.63) is 29.6 Å². The zero-order valence-electron chi connectivity index (χ0n) is 9.96. The van der Waals surface area contributed by atoms with E-state index in [0.717, 1.165) is 6.42 Å². The lowest BCUT2D eigenvalue weighted by atomic mass is 10.1. The molecule has 16 heavy (non-hydrogen) atoms. The van der Waals surface area contributed by atoms with Gasteiger partial charge in [-0.2, -0.15) is 0 Å². The first-order valence-corrected chi connectivity index (χ1v) is 5.84. The summed E-state index contributed by atoms with van der Waals surface area (Å²) in [5.41, 5.74) is 0.614. The summed E-state index contributed by atoms with van der Waals surface area (Å²) in [5, 5.41) is 12.8. The van der Waals surface area contributed by atoms with E-state index in [0.29, 0.717) is 18.2 Å². The number of hydrogen-bond donors (Lipinski definition) is 2. The molecule has 0 aliphatic rings. The smallest absolute Gasteiger partial charge is 0.123 e. The molecule has 1 aromatic carbocycles. The summed E-state index contributed by atoms with van der Waals surface area (Å²) in [6.07, 6.45) is 3.47. The normalized spacial score (nSPS) is 12.7. The molecule has 0 radical (unpaired) electrons. The second-order valence-electron chi connectivity index (χ2n) is 4.20. The molecule has 0 heterocycles. The van der Waals surface area contributed by atoms with Crippen LogP contribution in [0.2, 0.25) is 0 Å². The van der Waals surface area contributed by atoms with Gasteiger partial charge >= 0.3 is 0 Å². The lowest BCUT2D eigenvalue weighted by Gasteiger charge is -2.13. The Labute approximate surface area is 96.5 Å². The summed E-state index contributed by atoms with van der Waals surface area (Å²) in [4.78, 5) is 0. The van der Waals surface area contributed by atoms with Crippen LogP contribution in [-0.4, -0.2) is 11.1 Å². The highest BCUT2D eigenvalue weighted by Gasteiger charge is 2.05. The highest BCUT2D eigenvalue weighted by atomic mass is 19.1. The van der Waals surface area contributed by atoms with E-state index < -0.39 is 0 Å². The Morgan fingerprint density at radius 1 is 1.44 bits per heavy atom. The van der Waals surface area contributed by atoms with E-state index in [1.807, 2.05) is 0 Å². The predicted molar refractivity (Wildman–Crippen MR) is 63.9 cm³/mol. The molecule has 1 aromatic rings. The minimum absolute atomic E-state index is 0.150. The molecule has 0 aliphatic heterocycles. The Balaban J connectivity index is 2.44. The summed E-state index contributed by atoms with van der Waals surface area (Å²) >= 11 is 0. The monoisotopic (exact) mass is 225 g/mol. The van der Waals surface area contributed by atoms with Crippen LogP contribution < -0.4 is 5.32 Å². The van der Waals surface area contributed by atoms with Gasteiger partial charge in [-0.15, -0.1) is 0 Å². The van der Waals surface area contributed by atoms with Crippen LogP contribution in [0, 0.1) is 5.82 Å². The van der Waals surface area contributed by atoms with E-state index in [4.69, 9.17) is 0 Å². The second kappa shape index (κ2) is 6.48. The Hall–Kier alpha value is -1.09. The lowest BCUT2D eigenvalue weighted by molar-refractivity contribution is 0.449. The van der Waals surface area contributed by atoms with Gasteiger partial charge in [-0.25, -0.2) is 4.39 Å². The first kappa shape index (κ1) is 13.0. The molecule has 1 unspecified atom stereocenters. The number of unbranched alkanes of at least 4 members (excludes halogenated alkanes) is 1. The number of rotatable bonds is 6. The maximum atomic E-state index is 12.9. The molecule has 0 fully saturated rings. The molecular formula is C13H20FNO. The van der Waals surface area contributed by atoms with E-state index in [1.54, 1.807) is 0 Å². The van der Waals surface area contributed by atoms with Crippen molar-refractivity contribution in [3.8, 4) is 5.75 Å². The highest BCUT2D eigenvalue weighted by molar-refractivity contribution is 5.32. The number of phenols is 1. The van der Waals surface area contributed by atoms with Gasteiger partial charge in [-0.05, 0) is 31.5 Å². The Kier molecular flexibility index (Phi) is 5.26. The molecule has 0 aliphatic carbocycles. The van der Waals surface area contributed by atoms with Crippen molar-refractivity contribution in [2.75, 3.05) is 0 Å². The van der Waals surface area contributed by atoms with Crippen molar-refractivity contribution >= 4 is 0 Å². The van der Waals surface area contributed by atoms with Crippen LogP contribution in [0.5, 0.6) is 5.75 Å². The summed E-state index contributed by atoms with van der Waals surface area (Å²) in [5.74, 6) is -0.160. The van der Waals surface area contributed by atoms with Crippen molar-refractivity contribution in [1.82, 2.24) is 5.32 Å². The van der Waals surface area contributed by atoms with Crippen LogP contribution in [0.1, 0.15) is 38.7 Å². The van der Waals surface area contributed by atoms with E-state index >= 15 is 0 Å². The lowest BCUT2D eigenvalue weighted by Crippen LogP contribution is -2.25. The first-order valence-electron chi connectivity index (χ1n) is 5.84. The van der Waals surface area contributed by atoms with Gasteiger partial charge in [-0.1, -0.05) is 19.8 Å². The molecule has 1 atom stereocenters. The van der Waals surface area contributed by atoms with Gasteiger partial charge in [0, 0.05) is 18.2 Å². The first-order chi connectivity index (χ1) is 7.63. The van der Waals surface area contributed by atoms with E-state index in [9.17, 15) is 9.50 Å². The molecule has 1 rings (SSSR count). The van der Waals surface area contributed by atoms with Crippen LogP contribution in [-0.2, 0) is 6.54 Å². The quantitative estimate of drug-likeness (QED) is 0.779. The second-order valence-corrected chi connectivity index (χ2v) is 4.20. The Bertz CT molecular complexity index is 328. The number of halogens is 1. The number of nitrogens with one attached hydrogen (secondary N) is 1. The van der Waals surface area contributed by atoms with Crippen molar-refractivity contribution in [1.29, 1.82) is 0 Å². The van der Waals surface area contributed by atoms with Crippen molar-refractivity contribution in [2.24, 2.45) is 0 Å². The third-order valence-electron chi connectivity index (χ3n) is 2.67. The van der Waals surface area contributed by atoms with Gasteiger partial charge in [0.1, 0.15) is 11.6 Å². The zero-order chi connectivity index (χ0) is 12.0. The zero-order valence-corrected chi connectivity index (χ0v) is 9.96. The Morgan fingerprint density at radius 3 is 2.88 bits per heavy atom. The van der Waals surface area contributed by atoms with Crippen LogP contribution in [0.3, 0.4) is 0 Å². The van der Waals surface area contributed by atoms with Crippen molar-refractivity contribution in [3.63, 3.8) is 0 Å². The number of aromatic hydroxyl groups is 1. The molecule has 0 saturated carbocycles. The standard InChI is InChI=1S/C13H20FNO/c1-3-4-5-10(2)15-9-11-8-12(14)6-7-13(11)16/h6-8,10,15-16H,3-5,9H2,1-2H3. The molecule has 2 N–H and O–H groups in total. The molecule has 0 amide bonds. The topological polar surface area (TPSA) is 32.3 Å². The van der Waals surface area contributed by atoms with Crippen LogP contribution >= 0.6 is 0 Å². The summed E-state index contributed by atoms with van der Waals surface area (Å²) in [6, 6.07) is 4.42. The predicted octanol–water partition coefficient (Wildman–Crippen LogP) is 3.20. The van der Waals surface area contributed by atoms with Gasteiger partial charge in [0.25, 0.3) is 0 Å². The third kappa shape index (κ3) is 4.19.